The number of aromatic nitrogens is 1. The third-order valence-electron chi connectivity index (χ3n) is 7.91. The van der Waals surface area contributed by atoms with Crippen molar-refractivity contribution in [1.29, 1.82) is 0 Å². The van der Waals surface area contributed by atoms with Crippen LogP contribution in [-0.4, -0.2) is 24.8 Å². The Morgan fingerprint density at radius 3 is 1.79 bits per heavy atom. The van der Waals surface area contributed by atoms with Crippen molar-refractivity contribution in [2.45, 2.75) is 129 Å². The monoisotopic (exact) mass is 537 g/mol. The normalized spacial score (nSPS) is 17.4. The molecule has 0 bridgehead atoms. The van der Waals surface area contributed by atoms with Crippen LogP contribution in [0, 0.1) is 5.92 Å². The van der Waals surface area contributed by atoms with Crippen LogP contribution >= 0.6 is 0 Å². The van der Waals surface area contributed by atoms with Gasteiger partial charge in [0.25, 0.3) is 0 Å². The highest BCUT2D eigenvalue weighted by Gasteiger charge is 2.23. The van der Waals surface area contributed by atoms with Crippen LogP contribution in [-0.2, 0) is 9.47 Å². The molecule has 1 aliphatic rings. The molecule has 0 atom stereocenters. The Bertz CT molecular complexity index is 843. The number of ether oxygens (including phenoxy) is 3. The first-order valence-corrected chi connectivity index (χ1v) is 16.2. The molecule has 218 valence electrons. The molecule has 1 saturated heterocycles. The van der Waals surface area contributed by atoms with E-state index in [2.05, 4.69) is 50.2 Å². The van der Waals surface area contributed by atoms with Gasteiger partial charge in [-0.2, -0.15) is 0 Å². The van der Waals surface area contributed by atoms with Crippen LogP contribution in [0.25, 0.3) is 11.3 Å². The lowest BCUT2D eigenvalue weighted by Crippen LogP contribution is -2.27. The summed E-state index contributed by atoms with van der Waals surface area (Å²) in [6.45, 7) is 6.90. The summed E-state index contributed by atoms with van der Waals surface area (Å²) in [5.41, 5.74) is 3.04. The van der Waals surface area contributed by atoms with Gasteiger partial charge >= 0.3 is 0 Å². The van der Waals surface area contributed by atoms with Gasteiger partial charge in [-0.15, -0.1) is 0 Å². The molecule has 0 radical (unpaired) electrons. The van der Waals surface area contributed by atoms with Crippen LogP contribution in [0.15, 0.2) is 42.6 Å². The van der Waals surface area contributed by atoms with Crippen molar-refractivity contribution in [1.82, 2.24) is 4.98 Å². The number of pyridine rings is 1. The molecule has 2 aromatic rings. The molecule has 0 unspecified atom stereocenters. The Kier molecular flexibility index (Phi) is 16.2. The standard InChI is InChI=1S/C35H55NO3/c1-3-5-7-9-11-13-15-17-19-30-28-38-35(39-29-30)32-22-25-34(36-27-32)31-20-23-33(24-21-31)37-26-18-16-14-12-10-8-6-4-2/h20-25,27,30,35H,3-19,26,28-29H2,1-2H3. The highest BCUT2D eigenvalue weighted by molar-refractivity contribution is 5.60. The van der Waals surface area contributed by atoms with Crippen molar-refractivity contribution in [2.24, 2.45) is 5.92 Å². The zero-order valence-corrected chi connectivity index (χ0v) is 25.0. The molecule has 3 rings (SSSR count). The molecular formula is C35H55NO3. The van der Waals surface area contributed by atoms with Crippen molar-refractivity contribution in [2.75, 3.05) is 19.8 Å². The van der Waals surface area contributed by atoms with Gasteiger partial charge < -0.3 is 14.2 Å². The summed E-state index contributed by atoms with van der Waals surface area (Å²) in [5.74, 6) is 1.45. The van der Waals surface area contributed by atoms with E-state index in [1.54, 1.807) is 0 Å². The van der Waals surface area contributed by atoms with E-state index in [9.17, 15) is 0 Å². The van der Waals surface area contributed by atoms with Crippen LogP contribution in [0.1, 0.15) is 135 Å². The van der Waals surface area contributed by atoms with Gasteiger partial charge in [-0.3, -0.25) is 4.98 Å². The Morgan fingerprint density at radius 1 is 0.667 bits per heavy atom. The summed E-state index contributed by atoms with van der Waals surface area (Å²) in [5, 5.41) is 0. The van der Waals surface area contributed by atoms with Crippen LogP contribution in [0.5, 0.6) is 5.75 Å². The third-order valence-corrected chi connectivity index (χ3v) is 7.91. The predicted octanol–water partition coefficient (Wildman–Crippen LogP) is 10.5. The fourth-order valence-corrected chi connectivity index (χ4v) is 5.33. The zero-order chi connectivity index (χ0) is 27.4. The molecule has 1 aliphatic heterocycles. The van der Waals surface area contributed by atoms with Crippen molar-refractivity contribution in [3.63, 3.8) is 0 Å². The van der Waals surface area contributed by atoms with Crippen LogP contribution < -0.4 is 4.74 Å². The Labute approximate surface area is 239 Å². The molecule has 1 aromatic carbocycles. The summed E-state index contributed by atoms with van der Waals surface area (Å²) >= 11 is 0. The van der Waals surface area contributed by atoms with Crippen molar-refractivity contribution >= 4 is 0 Å². The summed E-state index contributed by atoms with van der Waals surface area (Å²) in [6, 6.07) is 12.4. The molecule has 1 aromatic heterocycles. The van der Waals surface area contributed by atoms with E-state index in [4.69, 9.17) is 19.2 Å². The summed E-state index contributed by atoms with van der Waals surface area (Å²) < 4.78 is 18.1. The summed E-state index contributed by atoms with van der Waals surface area (Å²) in [4.78, 5) is 4.69. The van der Waals surface area contributed by atoms with Gasteiger partial charge in [-0.1, -0.05) is 116 Å². The quantitative estimate of drug-likeness (QED) is 0.148. The van der Waals surface area contributed by atoms with Gasteiger partial charge in [0.2, 0.25) is 0 Å². The lowest BCUT2D eigenvalue weighted by Gasteiger charge is -2.29. The van der Waals surface area contributed by atoms with Crippen molar-refractivity contribution in [3.8, 4) is 17.0 Å². The molecular weight excluding hydrogens is 482 g/mol. The second kappa shape index (κ2) is 20.0. The molecule has 39 heavy (non-hydrogen) atoms. The minimum absolute atomic E-state index is 0.298. The summed E-state index contributed by atoms with van der Waals surface area (Å²) in [7, 11) is 0. The first kappa shape index (κ1) is 31.6. The predicted molar refractivity (Wildman–Crippen MR) is 163 cm³/mol. The van der Waals surface area contributed by atoms with E-state index in [-0.39, 0.29) is 6.29 Å². The molecule has 0 saturated carbocycles. The van der Waals surface area contributed by atoms with Gasteiger partial charge in [-0.05, 0) is 43.2 Å². The van der Waals surface area contributed by atoms with Crippen LogP contribution in [0.2, 0.25) is 0 Å². The lowest BCUT2D eigenvalue weighted by atomic mass is 10.0. The second-order valence-corrected chi connectivity index (χ2v) is 11.5. The fraction of sp³-hybridized carbons (Fsp3) is 0.686. The number of nitrogens with zero attached hydrogens (tertiary/aromatic N) is 1. The van der Waals surface area contributed by atoms with Crippen molar-refractivity contribution in [3.05, 3.63) is 48.2 Å². The molecule has 0 aliphatic carbocycles. The second-order valence-electron chi connectivity index (χ2n) is 11.5. The first-order chi connectivity index (χ1) is 19.3. The minimum atomic E-state index is -0.298. The third kappa shape index (κ3) is 12.9. The molecule has 0 amide bonds. The molecule has 0 N–H and O–H groups in total. The zero-order valence-electron chi connectivity index (χ0n) is 25.0. The Morgan fingerprint density at radius 2 is 1.23 bits per heavy atom. The largest absolute Gasteiger partial charge is 0.494 e. The van der Waals surface area contributed by atoms with E-state index in [0.29, 0.717) is 5.92 Å². The van der Waals surface area contributed by atoms with E-state index >= 15 is 0 Å². The maximum atomic E-state index is 6.07. The molecule has 0 spiro atoms. The molecule has 2 heterocycles. The number of rotatable bonds is 21. The van der Waals surface area contributed by atoms with Gasteiger partial charge in [0, 0.05) is 23.2 Å². The Hall–Kier alpha value is -1.91. The number of unbranched alkanes of at least 4 members (excludes halogenated alkanes) is 14. The first-order valence-electron chi connectivity index (χ1n) is 16.2. The topological polar surface area (TPSA) is 40.6 Å². The average molecular weight is 538 g/mol. The SMILES string of the molecule is CCCCCCCCCCOc1ccc(-c2ccc(C3OCC(CCCCCCCCCC)CO3)cn2)cc1. The number of hydrogen-bond donors (Lipinski definition) is 0. The van der Waals surface area contributed by atoms with Crippen LogP contribution in [0.4, 0.5) is 0 Å². The van der Waals surface area contributed by atoms with E-state index in [1.165, 1.54) is 103 Å². The maximum absolute atomic E-state index is 6.07. The van der Waals surface area contributed by atoms with Gasteiger partial charge in [-0.25, -0.2) is 0 Å². The van der Waals surface area contributed by atoms with Gasteiger partial charge in [0.05, 0.1) is 25.5 Å². The lowest BCUT2D eigenvalue weighted by molar-refractivity contribution is -0.206. The minimum Gasteiger partial charge on any atom is -0.494 e. The number of hydrogen-bond acceptors (Lipinski definition) is 4. The van der Waals surface area contributed by atoms with E-state index in [1.807, 2.05) is 6.20 Å². The molecule has 4 nitrogen and oxygen atoms in total. The summed E-state index contributed by atoms with van der Waals surface area (Å²) in [6.07, 6.45) is 24.2. The Balaban J connectivity index is 1.28. The fourth-order valence-electron chi connectivity index (χ4n) is 5.33. The van der Waals surface area contributed by atoms with Crippen LogP contribution in [0.3, 0.4) is 0 Å². The average Bonchev–Trinajstić information content (AvgIpc) is 2.98. The number of benzene rings is 1. The molecule has 1 fully saturated rings. The van der Waals surface area contributed by atoms with Gasteiger partial charge in [0.1, 0.15) is 5.75 Å². The highest BCUT2D eigenvalue weighted by Crippen LogP contribution is 2.29. The van der Waals surface area contributed by atoms with E-state index in [0.717, 1.165) is 48.8 Å². The smallest absolute Gasteiger partial charge is 0.185 e. The van der Waals surface area contributed by atoms with Gasteiger partial charge in [0.15, 0.2) is 6.29 Å². The highest BCUT2D eigenvalue weighted by atomic mass is 16.7. The van der Waals surface area contributed by atoms with Crippen molar-refractivity contribution < 1.29 is 14.2 Å². The maximum Gasteiger partial charge on any atom is 0.185 e. The molecule has 4 heteroatoms. The van der Waals surface area contributed by atoms with E-state index < -0.39 is 0 Å².